The van der Waals surface area contributed by atoms with Gasteiger partial charge in [-0.05, 0) is 20.8 Å². The van der Waals surface area contributed by atoms with E-state index in [0.717, 1.165) is 0 Å². The lowest BCUT2D eigenvalue weighted by atomic mass is 10.9. The molecule has 0 N–H and O–H groups in total. The average molecular weight is 216 g/mol. The molecule has 0 saturated carbocycles. The molecule has 0 spiro atoms. The standard InChI is InChI=1S/C6H15O4P.H3P/c1-4-8-11(7,9-5-2)10-6-3;/h4-6H2,1-3H3;1H3. The predicted molar refractivity (Wildman–Crippen MR) is 53.6 cm³/mol. The maximum absolute atomic E-state index is 11.3. The zero-order valence-corrected chi connectivity index (χ0v) is 10.2. The zero-order valence-electron chi connectivity index (χ0n) is 7.91. The number of phosphoric acid groups is 1. The van der Waals surface area contributed by atoms with Crippen LogP contribution in [0.1, 0.15) is 20.8 Å². The minimum atomic E-state index is -3.22. The maximum Gasteiger partial charge on any atom is 0.474 e. The van der Waals surface area contributed by atoms with Crippen molar-refractivity contribution in [1.82, 2.24) is 0 Å². The summed E-state index contributed by atoms with van der Waals surface area (Å²) in [5.74, 6) is 0. The first-order valence-corrected chi connectivity index (χ1v) is 5.18. The smallest absolute Gasteiger partial charge is 0.287 e. The van der Waals surface area contributed by atoms with Crippen LogP contribution in [0.25, 0.3) is 0 Å². The Hall–Kier alpha value is 0.540. The van der Waals surface area contributed by atoms with Crippen molar-refractivity contribution in [2.45, 2.75) is 20.8 Å². The van der Waals surface area contributed by atoms with Gasteiger partial charge in [-0.15, -0.1) is 0 Å². The number of phosphoric ester groups is 1. The summed E-state index contributed by atoms with van der Waals surface area (Å²) in [6.45, 7) is 6.21. The first-order chi connectivity index (χ1) is 5.18. The molecule has 0 fully saturated rings. The molecule has 6 heteroatoms. The normalized spacial score (nSPS) is 10.9. The van der Waals surface area contributed by atoms with E-state index in [0.29, 0.717) is 19.8 Å². The topological polar surface area (TPSA) is 44.8 Å². The first-order valence-electron chi connectivity index (χ1n) is 3.72. The van der Waals surface area contributed by atoms with E-state index in [-0.39, 0.29) is 9.90 Å². The third-order valence-electron chi connectivity index (χ3n) is 0.862. The van der Waals surface area contributed by atoms with E-state index >= 15 is 0 Å². The zero-order chi connectivity index (χ0) is 8.74. The fraction of sp³-hybridized carbons (Fsp3) is 1.00. The molecule has 0 aromatic heterocycles. The highest BCUT2D eigenvalue weighted by Crippen LogP contribution is 2.48. The number of hydrogen-bond donors (Lipinski definition) is 0. The van der Waals surface area contributed by atoms with Crippen molar-refractivity contribution < 1.29 is 18.1 Å². The SMILES string of the molecule is CCOP(=O)(OCC)OCC.P. The quantitative estimate of drug-likeness (QED) is 0.639. The Morgan fingerprint density at radius 2 is 1.17 bits per heavy atom. The Bertz CT molecular complexity index is 116. The van der Waals surface area contributed by atoms with E-state index in [2.05, 4.69) is 0 Å². The molecule has 0 amide bonds. The van der Waals surface area contributed by atoms with Crippen LogP contribution in [0.5, 0.6) is 0 Å². The summed E-state index contributed by atoms with van der Waals surface area (Å²) in [6.07, 6.45) is 0. The van der Waals surface area contributed by atoms with Gasteiger partial charge in [0.05, 0.1) is 19.8 Å². The van der Waals surface area contributed by atoms with Crippen LogP contribution in [-0.4, -0.2) is 19.8 Å². The number of rotatable bonds is 6. The molecule has 1 atom stereocenters. The molecule has 0 aliphatic heterocycles. The summed E-state index contributed by atoms with van der Waals surface area (Å²) in [7, 11) is -3.22. The Kier molecular flexibility index (Phi) is 10.2. The number of hydrogen-bond acceptors (Lipinski definition) is 4. The second kappa shape index (κ2) is 8.15. The summed E-state index contributed by atoms with van der Waals surface area (Å²) >= 11 is 0. The Morgan fingerprint density at radius 1 is 0.917 bits per heavy atom. The monoisotopic (exact) mass is 216 g/mol. The second-order valence-corrected chi connectivity index (χ2v) is 3.37. The van der Waals surface area contributed by atoms with Crippen LogP contribution in [0.3, 0.4) is 0 Å². The van der Waals surface area contributed by atoms with Crippen LogP contribution in [0.4, 0.5) is 0 Å². The van der Waals surface area contributed by atoms with Crippen LogP contribution in [0.15, 0.2) is 0 Å². The third kappa shape index (κ3) is 6.10. The Balaban J connectivity index is 0. The molecule has 0 heterocycles. The van der Waals surface area contributed by atoms with Gasteiger partial charge in [-0.3, -0.25) is 13.6 Å². The Morgan fingerprint density at radius 3 is 1.33 bits per heavy atom. The van der Waals surface area contributed by atoms with Gasteiger partial charge < -0.3 is 0 Å². The van der Waals surface area contributed by atoms with Crippen molar-refractivity contribution in [3.8, 4) is 0 Å². The van der Waals surface area contributed by atoms with Crippen molar-refractivity contribution in [2.75, 3.05) is 19.8 Å². The van der Waals surface area contributed by atoms with Crippen LogP contribution < -0.4 is 0 Å². The highest BCUT2D eigenvalue weighted by Gasteiger charge is 2.23. The molecule has 0 aliphatic carbocycles. The molecule has 0 aliphatic rings. The van der Waals surface area contributed by atoms with Gasteiger partial charge in [0.2, 0.25) is 0 Å². The largest absolute Gasteiger partial charge is 0.474 e. The minimum absolute atomic E-state index is 0. The molecule has 12 heavy (non-hydrogen) atoms. The van der Waals surface area contributed by atoms with Gasteiger partial charge in [0.25, 0.3) is 0 Å². The van der Waals surface area contributed by atoms with E-state index in [9.17, 15) is 4.57 Å². The average Bonchev–Trinajstić information content (AvgIpc) is 1.88. The molecule has 1 unspecified atom stereocenters. The van der Waals surface area contributed by atoms with E-state index in [1.807, 2.05) is 0 Å². The van der Waals surface area contributed by atoms with Gasteiger partial charge >= 0.3 is 7.82 Å². The summed E-state index contributed by atoms with van der Waals surface area (Å²) in [6, 6.07) is 0. The fourth-order valence-corrected chi connectivity index (χ4v) is 1.76. The van der Waals surface area contributed by atoms with Gasteiger partial charge in [0.15, 0.2) is 0 Å². The van der Waals surface area contributed by atoms with E-state index in [4.69, 9.17) is 13.6 Å². The van der Waals surface area contributed by atoms with Crippen molar-refractivity contribution in [3.05, 3.63) is 0 Å². The fourth-order valence-electron chi connectivity index (χ4n) is 0.586. The first kappa shape index (κ1) is 15.0. The van der Waals surface area contributed by atoms with Crippen molar-refractivity contribution in [3.63, 3.8) is 0 Å². The van der Waals surface area contributed by atoms with Crippen molar-refractivity contribution >= 4 is 17.7 Å². The van der Waals surface area contributed by atoms with Crippen molar-refractivity contribution in [2.24, 2.45) is 0 Å². The Labute approximate surface area is 77.2 Å². The highest BCUT2D eigenvalue weighted by atomic mass is 31.2. The molecule has 0 aromatic carbocycles. The maximum atomic E-state index is 11.3. The van der Waals surface area contributed by atoms with E-state index < -0.39 is 7.82 Å². The third-order valence-corrected chi connectivity index (χ3v) is 2.58. The van der Waals surface area contributed by atoms with Crippen LogP contribution in [0, 0.1) is 0 Å². The molecule has 0 saturated heterocycles. The van der Waals surface area contributed by atoms with E-state index in [1.54, 1.807) is 20.8 Å². The minimum Gasteiger partial charge on any atom is -0.287 e. The molecular formula is C6H18O4P2. The molecule has 0 aromatic rings. The lowest BCUT2D eigenvalue weighted by molar-refractivity contribution is 0.126. The van der Waals surface area contributed by atoms with Crippen LogP contribution >= 0.6 is 17.7 Å². The van der Waals surface area contributed by atoms with Gasteiger partial charge in [-0.2, -0.15) is 9.90 Å². The summed E-state index contributed by atoms with van der Waals surface area (Å²) < 4.78 is 25.8. The molecule has 0 radical (unpaired) electrons. The van der Waals surface area contributed by atoms with Gasteiger partial charge in [0.1, 0.15) is 0 Å². The predicted octanol–water partition coefficient (Wildman–Crippen LogP) is 2.26. The lowest BCUT2D eigenvalue weighted by Crippen LogP contribution is -1.99. The van der Waals surface area contributed by atoms with Crippen LogP contribution in [0.2, 0.25) is 0 Å². The molecule has 0 bridgehead atoms. The van der Waals surface area contributed by atoms with E-state index in [1.165, 1.54) is 0 Å². The van der Waals surface area contributed by atoms with Crippen molar-refractivity contribution in [1.29, 1.82) is 0 Å². The molecule has 4 nitrogen and oxygen atoms in total. The molecule has 0 rings (SSSR count). The van der Waals surface area contributed by atoms with Gasteiger partial charge in [-0.1, -0.05) is 0 Å². The highest BCUT2D eigenvalue weighted by molar-refractivity contribution is 7.48. The van der Waals surface area contributed by atoms with Gasteiger partial charge in [0, 0.05) is 0 Å². The van der Waals surface area contributed by atoms with Crippen LogP contribution in [-0.2, 0) is 18.1 Å². The summed E-state index contributed by atoms with van der Waals surface area (Å²) in [5, 5.41) is 0. The summed E-state index contributed by atoms with van der Waals surface area (Å²) in [5.41, 5.74) is 0. The second-order valence-electron chi connectivity index (χ2n) is 1.70. The van der Waals surface area contributed by atoms with Gasteiger partial charge in [-0.25, -0.2) is 4.57 Å². The summed E-state index contributed by atoms with van der Waals surface area (Å²) in [4.78, 5) is 0. The molecular weight excluding hydrogens is 198 g/mol. The molecule has 76 valence electrons. The lowest BCUT2D eigenvalue weighted by Gasteiger charge is -2.14.